The van der Waals surface area contributed by atoms with Crippen molar-refractivity contribution < 1.29 is 13.9 Å². The van der Waals surface area contributed by atoms with Gasteiger partial charge in [0.2, 0.25) is 0 Å². The van der Waals surface area contributed by atoms with Gasteiger partial charge in [-0.1, -0.05) is 52.8 Å². The molecule has 0 aromatic heterocycles. The topological polar surface area (TPSA) is 43.4 Å². The van der Waals surface area contributed by atoms with E-state index < -0.39 is 7.37 Å². The van der Waals surface area contributed by atoms with Gasteiger partial charge in [0.25, 0.3) is 7.37 Å². The zero-order valence-corrected chi connectivity index (χ0v) is 14.3. The summed E-state index contributed by atoms with van der Waals surface area (Å²) >= 11 is 0. The summed E-state index contributed by atoms with van der Waals surface area (Å²) in [4.78, 5) is 11.3. The standard InChI is InChI=1S/C14H21O3P.C2H6/c1-11(2)18(16,10-12(3)13(4)15)17-14-8-6-5-7-9-14;1-2/h5-9,11-12H,10H2,1-4H3;1-2H3. The predicted octanol–water partition coefficient (Wildman–Crippen LogP) is 5.00. The SMILES string of the molecule is CC.CC(=O)C(C)CP(=O)(Oc1ccccc1)C(C)C. The number of rotatable bonds is 6. The molecule has 0 aliphatic rings. The Morgan fingerprint density at radius 1 is 1.15 bits per heavy atom. The van der Waals surface area contributed by atoms with Crippen LogP contribution in [0.25, 0.3) is 0 Å². The van der Waals surface area contributed by atoms with E-state index in [0.717, 1.165) is 0 Å². The van der Waals surface area contributed by atoms with Crippen molar-refractivity contribution in [3.63, 3.8) is 0 Å². The molecule has 3 nitrogen and oxygen atoms in total. The van der Waals surface area contributed by atoms with Gasteiger partial charge in [0.05, 0.1) is 0 Å². The van der Waals surface area contributed by atoms with Crippen LogP contribution in [0.1, 0.15) is 41.5 Å². The van der Waals surface area contributed by atoms with Crippen LogP contribution in [0.3, 0.4) is 0 Å². The highest BCUT2D eigenvalue weighted by molar-refractivity contribution is 7.60. The van der Waals surface area contributed by atoms with Gasteiger partial charge < -0.3 is 4.52 Å². The molecule has 2 atom stereocenters. The fourth-order valence-corrected chi connectivity index (χ4v) is 3.73. The zero-order valence-electron chi connectivity index (χ0n) is 13.4. The van der Waals surface area contributed by atoms with Crippen LogP contribution in [0.4, 0.5) is 0 Å². The molecule has 1 aromatic carbocycles. The van der Waals surface area contributed by atoms with Gasteiger partial charge in [-0.25, -0.2) is 0 Å². The second-order valence-electron chi connectivity index (χ2n) is 4.92. The van der Waals surface area contributed by atoms with Crippen LogP contribution >= 0.6 is 7.37 Å². The summed E-state index contributed by atoms with van der Waals surface area (Å²) in [6.45, 7) is 11.1. The molecule has 1 aromatic rings. The largest absolute Gasteiger partial charge is 0.443 e. The van der Waals surface area contributed by atoms with Gasteiger partial charge >= 0.3 is 0 Å². The van der Waals surface area contributed by atoms with E-state index in [4.69, 9.17) is 4.52 Å². The second kappa shape index (κ2) is 8.97. The molecular formula is C16H27O3P. The fraction of sp³-hybridized carbons (Fsp3) is 0.562. The highest BCUT2D eigenvalue weighted by atomic mass is 31.2. The van der Waals surface area contributed by atoms with Gasteiger partial charge in [-0.3, -0.25) is 9.36 Å². The summed E-state index contributed by atoms with van der Waals surface area (Å²) in [5, 5.41) is 0. The molecule has 0 fully saturated rings. The van der Waals surface area contributed by atoms with Gasteiger partial charge in [0.1, 0.15) is 11.5 Å². The number of hydrogen-bond acceptors (Lipinski definition) is 3. The number of Topliss-reactive ketones (excluding diaryl/α,β-unsaturated/α-hetero) is 1. The van der Waals surface area contributed by atoms with Crippen LogP contribution in [0.2, 0.25) is 0 Å². The summed E-state index contributed by atoms with van der Waals surface area (Å²) in [6, 6.07) is 9.13. The minimum Gasteiger partial charge on any atom is -0.443 e. The normalized spacial score (nSPS) is 14.8. The molecule has 0 aliphatic heterocycles. The highest BCUT2D eigenvalue weighted by Crippen LogP contribution is 2.52. The van der Waals surface area contributed by atoms with Crippen molar-refractivity contribution in [2.75, 3.05) is 6.16 Å². The van der Waals surface area contributed by atoms with E-state index in [1.165, 1.54) is 6.92 Å². The minimum atomic E-state index is -2.84. The molecule has 0 saturated carbocycles. The van der Waals surface area contributed by atoms with Gasteiger partial charge in [0, 0.05) is 17.7 Å². The maximum absolute atomic E-state index is 12.8. The molecule has 0 heterocycles. The van der Waals surface area contributed by atoms with E-state index in [-0.39, 0.29) is 17.4 Å². The molecular weight excluding hydrogens is 271 g/mol. The molecule has 0 aliphatic carbocycles. The summed E-state index contributed by atoms with van der Waals surface area (Å²) in [7, 11) is -2.84. The number of hydrogen-bond donors (Lipinski definition) is 0. The van der Waals surface area contributed by atoms with Crippen LogP contribution < -0.4 is 4.52 Å². The van der Waals surface area contributed by atoms with E-state index in [0.29, 0.717) is 11.9 Å². The monoisotopic (exact) mass is 298 g/mol. The number of carbonyl (C=O) groups excluding carboxylic acids is 1. The van der Waals surface area contributed by atoms with Crippen LogP contribution in [-0.2, 0) is 9.36 Å². The highest BCUT2D eigenvalue weighted by Gasteiger charge is 2.32. The van der Waals surface area contributed by atoms with Crippen molar-refractivity contribution in [3.8, 4) is 5.75 Å². The van der Waals surface area contributed by atoms with Crippen LogP contribution in [-0.4, -0.2) is 17.6 Å². The van der Waals surface area contributed by atoms with Gasteiger partial charge in [0.15, 0.2) is 0 Å². The first-order chi connectivity index (χ1) is 9.35. The Hall–Kier alpha value is -1.08. The molecule has 0 saturated heterocycles. The van der Waals surface area contributed by atoms with E-state index >= 15 is 0 Å². The quantitative estimate of drug-likeness (QED) is 0.694. The zero-order chi connectivity index (χ0) is 15.8. The molecule has 0 N–H and O–H groups in total. The molecule has 0 spiro atoms. The first-order valence-corrected chi connectivity index (χ1v) is 9.07. The lowest BCUT2D eigenvalue weighted by Gasteiger charge is -2.25. The molecule has 0 bridgehead atoms. The number of carbonyl (C=O) groups is 1. The molecule has 0 amide bonds. The van der Waals surface area contributed by atoms with Crippen molar-refractivity contribution in [3.05, 3.63) is 30.3 Å². The van der Waals surface area contributed by atoms with Crippen molar-refractivity contribution in [2.45, 2.75) is 47.2 Å². The molecule has 0 radical (unpaired) electrons. The Balaban J connectivity index is 0.00000172. The van der Waals surface area contributed by atoms with E-state index in [1.54, 1.807) is 19.1 Å². The Morgan fingerprint density at radius 3 is 2.05 bits per heavy atom. The Morgan fingerprint density at radius 2 is 1.65 bits per heavy atom. The van der Waals surface area contributed by atoms with Gasteiger partial charge in [-0.05, 0) is 19.1 Å². The fourth-order valence-electron chi connectivity index (χ4n) is 1.52. The number of benzene rings is 1. The van der Waals surface area contributed by atoms with E-state index in [9.17, 15) is 9.36 Å². The van der Waals surface area contributed by atoms with E-state index in [2.05, 4.69) is 0 Å². The van der Waals surface area contributed by atoms with Crippen LogP contribution in [0, 0.1) is 5.92 Å². The molecule has 4 heteroatoms. The predicted molar refractivity (Wildman–Crippen MR) is 85.9 cm³/mol. The van der Waals surface area contributed by atoms with E-state index in [1.807, 2.05) is 45.9 Å². The average Bonchev–Trinajstić information content (AvgIpc) is 2.41. The Kier molecular flexibility index (Phi) is 8.48. The smallest absolute Gasteiger partial charge is 0.251 e. The van der Waals surface area contributed by atoms with Gasteiger partial charge in [-0.15, -0.1) is 0 Å². The Bertz CT molecular complexity index is 440. The number of para-hydroxylation sites is 1. The van der Waals surface area contributed by atoms with Crippen molar-refractivity contribution in [1.82, 2.24) is 0 Å². The molecule has 114 valence electrons. The third kappa shape index (κ3) is 5.92. The third-order valence-electron chi connectivity index (χ3n) is 3.01. The maximum Gasteiger partial charge on any atom is 0.251 e. The lowest BCUT2D eigenvalue weighted by Crippen LogP contribution is -2.18. The van der Waals surface area contributed by atoms with Gasteiger partial charge in [-0.2, -0.15) is 0 Å². The lowest BCUT2D eigenvalue weighted by molar-refractivity contribution is -0.119. The third-order valence-corrected chi connectivity index (χ3v) is 6.16. The van der Waals surface area contributed by atoms with Crippen LogP contribution in [0.15, 0.2) is 30.3 Å². The average molecular weight is 298 g/mol. The first-order valence-electron chi connectivity index (χ1n) is 7.19. The second-order valence-corrected chi connectivity index (χ2v) is 7.95. The Labute approximate surface area is 123 Å². The summed E-state index contributed by atoms with van der Waals surface area (Å²) in [5.41, 5.74) is -0.0977. The van der Waals surface area contributed by atoms with Crippen LogP contribution in [0.5, 0.6) is 5.75 Å². The summed E-state index contributed by atoms with van der Waals surface area (Å²) in [5.74, 6) is 0.416. The first kappa shape index (κ1) is 18.9. The van der Waals surface area contributed by atoms with Crippen molar-refractivity contribution in [2.24, 2.45) is 5.92 Å². The minimum absolute atomic E-state index is 0.0486. The maximum atomic E-state index is 12.8. The summed E-state index contributed by atoms with van der Waals surface area (Å²) in [6.07, 6.45) is 0.300. The van der Waals surface area contributed by atoms with Crippen molar-refractivity contribution in [1.29, 1.82) is 0 Å². The van der Waals surface area contributed by atoms with Crippen molar-refractivity contribution >= 4 is 13.2 Å². The molecule has 1 rings (SSSR count). The summed E-state index contributed by atoms with van der Waals surface area (Å²) < 4.78 is 18.5. The molecule has 2 unspecified atom stereocenters. The molecule has 20 heavy (non-hydrogen) atoms. The number of ketones is 1. The lowest BCUT2D eigenvalue weighted by atomic mass is 10.1.